The fraction of sp³-hybridized carbons (Fsp3) is 0.409. The number of rotatable bonds is 3. The van der Waals surface area contributed by atoms with Crippen molar-refractivity contribution in [2.24, 2.45) is 0 Å². The van der Waals surface area contributed by atoms with E-state index in [1.54, 1.807) is 4.90 Å². The van der Waals surface area contributed by atoms with Crippen molar-refractivity contribution in [3.63, 3.8) is 0 Å². The normalized spacial score (nSPS) is 22.8. The molecule has 0 N–H and O–H groups in total. The van der Waals surface area contributed by atoms with Crippen LogP contribution in [-0.4, -0.2) is 60.9 Å². The van der Waals surface area contributed by atoms with Crippen LogP contribution in [0.3, 0.4) is 0 Å². The standard InChI is InChI=1S/C22H23ClF2N2O3/c23-18-5-2-1-4-17(18)13-26-8-3-10-29-22(14-26)15-27(9-11-30-22)21(28)16-6-7-19(24)20(25)12-16/h1-2,4-7,12H,3,8-11,13-15H2. The van der Waals surface area contributed by atoms with Crippen LogP contribution in [0.5, 0.6) is 0 Å². The molecule has 2 saturated heterocycles. The first-order valence-electron chi connectivity index (χ1n) is 9.94. The third kappa shape index (κ3) is 4.64. The average molecular weight is 437 g/mol. The quantitative estimate of drug-likeness (QED) is 0.735. The molecule has 2 aromatic rings. The fourth-order valence-corrected chi connectivity index (χ4v) is 4.14. The van der Waals surface area contributed by atoms with Crippen LogP contribution < -0.4 is 0 Å². The average Bonchev–Trinajstić information content (AvgIpc) is 2.93. The van der Waals surface area contributed by atoms with Crippen molar-refractivity contribution in [1.29, 1.82) is 0 Å². The second-order valence-electron chi connectivity index (χ2n) is 7.62. The molecule has 2 aromatic carbocycles. The van der Waals surface area contributed by atoms with Crippen molar-refractivity contribution in [2.75, 3.05) is 39.4 Å². The molecular weight excluding hydrogens is 414 g/mol. The minimum atomic E-state index is -1.04. The first-order chi connectivity index (χ1) is 14.5. The van der Waals surface area contributed by atoms with Crippen LogP contribution in [0, 0.1) is 11.6 Å². The molecule has 8 heteroatoms. The Morgan fingerprint density at radius 2 is 1.83 bits per heavy atom. The number of carbonyl (C=O) groups excluding carboxylic acids is 1. The van der Waals surface area contributed by atoms with Gasteiger partial charge in [0, 0.05) is 30.2 Å². The summed E-state index contributed by atoms with van der Waals surface area (Å²) in [5, 5.41) is 0.705. The van der Waals surface area contributed by atoms with Crippen molar-refractivity contribution in [2.45, 2.75) is 18.8 Å². The maximum absolute atomic E-state index is 13.6. The van der Waals surface area contributed by atoms with Crippen molar-refractivity contribution in [3.8, 4) is 0 Å². The SMILES string of the molecule is O=C(c1ccc(F)c(F)c1)N1CCOC2(CN(Cc3ccccc3Cl)CCCO2)C1. The van der Waals surface area contributed by atoms with Crippen LogP contribution >= 0.6 is 11.6 Å². The highest BCUT2D eigenvalue weighted by Gasteiger charge is 2.42. The van der Waals surface area contributed by atoms with E-state index in [4.69, 9.17) is 21.1 Å². The molecule has 2 aliphatic rings. The zero-order chi connectivity index (χ0) is 21.1. The number of nitrogens with zero attached hydrogens (tertiary/aromatic N) is 2. The number of hydrogen-bond donors (Lipinski definition) is 0. The van der Waals surface area contributed by atoms with E-state index in [-0.39, 0.29) is 18.0 Å². The smallest absolute Gasteiger partial charge is 0.254 e. The zero-order valence-electron chi connectivity index (χ0n) is 16.5. The molecule has 0 aliphatic carbocycles. The number of ether oxygens (including phenoxy) is 2. The third-order valence-corrected chi connectivity index (χ3v) is 5.78. The second kappa shape index (κ2) is 8.98. The Bertz CT molecular complexity index is 929. The molecule has 30 heavy (non-hydrogen) atoms. The molecule has 2 fully saturated rings. The van der Waals surface area contributed by atoms with E-state index < -0.39 is 17.4 Å². The Balaban J connectivity index is 1.50. The molecule has 1 spiro atoms. The molecule has 0 bridgehead atoms. The number of benzene rings is 2. The summed E-state index contributed by atoms with van der Waals surface area (Å²) in [7, 11) is 0. The van der Waals surface area contributed by atoms with Crippen molar-refractivity contribution in [1.82, 2.24) is 9.80 Å². The predicted molar refractivity (Wildman–Crippen MR) is 108 cm³/mol. The van der Waals surface area contributed by atoms with Gasteiger partial charge in [0.1, 0.15) is 0 Å². The summed E-state index contributed by atoms with van der Waals surface area (Å²) in [5.41, 5.74) is 1.12. The van der Waals surface area contributed by atoms with Gasteiger partial charge in [-0.25, -0.2) is 8.78 Å². The maximum atomic E-state index is 13.6. The highest BCUT2D eigenvalue weighted by molar-refractivity contribution is 6.31. The van der Waals surface area contributed by atoms with Gasteiger partial charge in [0.2, 0.25) is 0 Å². The van der Waals surface area contributed by atoms with Crippen molar-refractivity contribution < 1.29 is 23.0 Å². The van der Waals surface area contributed by atoms with Crippen LogP contribution in [0.4, 0.5) is 8.78 Å². The van der Waals surface area contributed by atoms with Gasteiger partial charge in [-0.3, -0.25) is 9.69 Å². The molecule has 1 unspecified atom stereocenters. The molecule has 2 heterocycles. The van der Waals surface area contributed by atoms with Crippen LogP contribution in [-0.2, 0) is 16.0 Å². The molecule has 0 saturated carbocycles. The Kier molecular flexibility index (Phi) is 6.34. The predicted octanol–water partition coefficient (Wildman–Crippen LogP) is 3.71. The summed E-state index contributed by atoms with van der Waals surface area (Å²) in [6, 6.07) is 10.9. The second-order valence-corrected chi connectivity index (χ2v) is 8.03. The van der Waals surface area contributed by atoms with Gasteiger partial charge in [0.05, 0.1) is 26.3 Å². The topological polar surface area (TPSA) is 42.0 Å². The monoisotopic (exact) mass is 436 g/mol. The highest BCUT2D eigenvalue weighted by Crippen LogP contribution is 2.27. The first kappa shape index (κ1) is 21.2. The minimum Gasteiger partial charge on any atom is -0.347 e. The van der Waals surface area contributed by atoms with E-state index >= 15 is 0 Å². The lowest BCUT2D eigenvalue weighted by atomic mass is 10.1. The summed E-state index contributed by atoms with van der Waals surface area (Å²) in [6.07, 6.45) is 0.826. The van der Waals surface area contributed by atoms with Gasteiger partial charge in [0.15, 0.2) is 17.4 Å². The molecule has 160 valence electrons. The molecule has 2 aliphatic heterocycles. The van der Waals surface area contributed by atoms with Gasteiger partial charge in [-0.1, -0.05) is 29.8 Å². The van der Waals surface area contributed by atoms with Gasteiger partial charge in [-0.05, 0) is 36.2 Å². The molecule has 0 aromatic heterocycles. The number of halogens is 3. The Hall–Kier alpha value is -2.06. The Morgan fingerprint density at radius 3 is 2.63 bits per heavy atom. The van der Waals surface area contributed by atoms with E-state index in [2.05, 4.69) is 4.90 Å². The minimum absolute atomic E-state index is 0.104. The molecule has 0 radical (unpaired) electrons. The molecule has 1 amide bonds. The van der Waals surface area contributed by atoms with Gasteiger partial charge >= 0.3 is 0 Å². The summed E-state index contributed by atoms with van der Waals surface area (Å²) in [5.74, 6) is -3.36. The van der Waals surface area contributed by atoms with E-state index in [1.165, 1.54) is 6.07 Å². The fourth-order valence-electron chi connectivity index (χ4n) is 3.94. The summed E-state index contributed by atoms with van der Waals surface area (Å²) in [4.78, 5) is 16.7. The molecule has 1 atom stereocenters. The molecule has 5 nitrogen and oxygen atoms in total. The lowest BCUT2D eigenvalue weighted by Gasteiger charge is -2.43. The molecular formula is C22H23ClF2N2O3. The van der Waals surface area contributed by atoms with Crippen LogP contribution in [0.25, 0.3) is 0 Å². The first-order valence-corrected chi connectivity index (χ1v) is 10.3. The van der Waals surface area contributed by atoms with Crippen molar-refractivity contribution >= 4 is 17.5 Å². The third-order valence-electron chi connectivity index (χ3n) is 5.41. The van der Waals surface area contributed by atoms with Gasteiger partial charge in [-0.2, -0.15) is 0 Å². The van der Waals surface area contributed by atoms with E-state index in [1.807, 2.05) is 24.3 Å². The zero-order valence-corrected chi connectivity index (χ0v) is 17.2. The summed E-state index contributed by atoms with van der Waals surface area (Å²) < 4.78 is 38.9. The van der Waals surface area contributed by atoms with Crippen molar-refractivity contribution in [3.05, 3.63) is 70.2 Å². The van der Waals surface area contributed by atoms with E-state index in [9.17, 15) is 13.6 Å². The molecule has 4 rings (SSSR count). The number of carbonyl (C=O) groups is 1. The van der Waals surface area contributed by atoms with Crippen LogP contribution in [0.2, 0.25) is 5.02 Å². The highest BCUT2D eigenvalue weighted by atomic mass is 35.5. The van der Waals surface area contributed by atoms with E-state index in [0.717, 1.165) is 30.7 Å². The van der Waals surface area contributed by atoms with Crippen LogP contribution in [0.1, 0.15) is 22.3 Å². The van der Waals surface area contributed by atoms with E-state index in [0.29, 0.717) is 37.9 Å². The number of hydrogen-bond acceptors (Lipinski definition) is 4. The summed E-state index contributed by atoms with van der Waals surface area (Å²) >= 11 is 6.32. The lowest BCUT2D eigenvalue weighted by Crippen LogP contribution is -2.59. The Morgan fingerprint density at radius 1 is 1.03 bits per heavy atom. The largest absolute Gasteiger partial charge is 0.347 e. The maximum Gasteiger partial charge on any atom is 0.254 e. The van der Waals surface area contributed by atoms with Gasteiger partial charge < -0.3 is 14.4 Å². The number of amides is 1. The Labute approximate surface area is 179 Å². The van der Waals surface area contributed by atoms with Gasteiger partial charge in [-0.15, -0.1) is 0 Å². The lowest BCUT2D eigenvalue weighted by molar-refractivity contribution is -0.261. The van der Waals surface area contributed by atoms with Gasteiger partial charge in [0.25, 0.3) is 5.91 Å². The van der Waals surface area contributed by atoms with Crippen LogP contribution in [0.15, 0.2) is 42.5 Å². The summed E-state index contributed by atoms with van der Waals surface area (Å²) in [6.45, 7) is 3.30. The number of morpholine rings is 1.